The Morgan fingerprint density at radius 2 is 1.86 bits per heavy atom. The topological polar surface area (TPSA) is 54.2 Å². The number of nitrogens with one attached hydrogen (secondary N) is 2. The van der Waals surface area contributed by atoms with Crippen LogP contribution in [0.1, 0.15) is 29.4 Å². The summed E-state index contributed by atoms with van der Waals surface area (Å²) in [4.78, 5) is 4.39. The second-order valence-electron chi connectivity index (χ2n) is 7.09. The predicted molar refractivity (Wildman–Crippen MR) is 129 cm³/mol. The van der Waals surface area contributed by atoms with E-state index in [1.165, 1.54) is 27.6 Å². The quantitative estimate of drug-likeness (QED) is 0.321. The van der Waals surface area contributed by atoms with Gasteiger partial charge in [-0.1, -0.05) is 42.5 Å². The molecule has 0 fully saturated rings. The molecular formula is C22H30IN5. The molecule has 0 aliphatic carbocycles. The molecular weight excluding hydrogens is 461 g/mol. The largest absolute Gasteiger partial charge is 0.354 e. The first kappa shape index (κ1) is 22.2. The molecule has 0 saturated heterocycles. The number of hydrogen-bond acceptors (Lipinski definition) is 2. The normalized spacial score (nSPS) is 12.5. The second kappa shape index (κ2) is 9.91. The van der Waals surface area contributed by atoms with Gasteiger partial charge in [-0.3, -0.25) is 9.67 Å². The lowest BCUT2D eigenvalue weighted by molar-refractivity contribution is 0.635. The Balaban J connectivity index is 0.00000280. The summed E-state index contributed by atoms with van der Waals surface area (Å²) in [7, 11) is 3.81. The van der Waals surface area contributed by atoms with Gasteiger partial charge in [-0.15, -0.1) is 24.0 Å². The van der Waals surface area contributed by atoms with Crippen molar-refractivity contribution in [3.63, 3.8) is 0 Å². The molecule has 2 N–H and O–H groups in total. The number of halogens is 1. The maximum absolute atomic E-state index is 4.51. The predicted octanol–water partition coefficient (Wildman–Crippen LogP) is 4.10. The minimum atomic E-state index is 0. The van der Waals surface area contributed by atoms with E-state index < -0.39 is 0 Å². The fourth-order valence-electron chi connectivity index (χ4n) is 3.52. The van der Waals surface area contributed by atoms with E-state index in [2.05, 4.69) is 84.0 Å². The molecule has 2 aromatic carbocycles. The molecule has 28 heavy (non-hydrogen) atoms. The zero-order chi connectivity index (χ0) is 19.4. The van der Waals surface area contributed by atoms with Crippen LogP contribution in [0.4, 0.5) is 0 Å². The van der Waals surface area contributed by atoms with Crippen molar-refractivity contribution in [2.45, 2.75) is 39.8 Å². The lowest BCUT2D eigenvalue weighted by Gasteiger charge is -2.18. The van der Waals surface area contributed by atoms with Crippen LogP contribution in [-0.2, 0) is 20.0 Å². The zero-order valence-corrected chi connectivity index (χ0v) is 19.6. The highest BCUT2D eigenvalue weighted by Crippen LogP contribution is 2.18. The van der Waals surface area contributed by atoms with Gasteiger partial charge in [0.1, 0.15) is 0 Å². The molecule has 1 aromatic heterocycles. The van der Waals surface area contributed by atoms with Crippen LogP contribution < -0.4 is 10.6 Å². The fraction of sp³-hybridized carbons (Fsp3) is 0.364. The minimum Gasteiger partial charge on any atom is -0.354 e. The molecule has 0 radical (unpaired) electrons. The SMILES string of the molecule is CN=C(NCc1cccc2ccccc12)NC(C)Cc1c(C)nn(C)c1C.I. The van der Waals surface area contributed by atoms with Crippen LogP contribution >= 0.6 is 24.0 Å². The van der Waals surface area contributed by atoms with Crippen LogP contribution in [0, 0.1) is 13.8 Å². The Labute approximate surface area is 184 Å². The molecule has 3 aromatic rings. The molecule has 6 heteroatoms. The Kier molecular flexibility index (Phi) is 7.86. The highest BCUT2D eigenvalue weighted by Gasteiger charge is 2.14. The maximum atomic E-state index is 4.51. The van der Waals surface area contributed by atoms with Gasteiger partial charge in [0.2, 0.25) is 0 Å². The van der Waals surface area contributed by atoms with Gasteiger partial charge in [-0.25, -0.2) is 0 Å². The molecule has 0 aliphatic rings. The van der Waals surface area contributed by atoms with Crippen molar-refractivity contribution in [2.75, 3.05) is 7.05 Å². The van der Waals surface area contributed by atoms with Gasteiger partial charge in [0.25, 0.3) is 0 Å². The minimum absolute atomic E-state index is 0. The van der Waals surface area contributed by atoms with Gasteiger partial charge in [0, 0.05) is 32.4 Å². The highest BCUT2D eigenvalue weighted by molar-refractivity contribution is 14.0. The van der Waals surface area contributed by atoms with Crippen LogP contribution in [0.5, 0.6) is 0 Å². The molecule has 3 rings (SSSR count). The van der Waals surface area contributed by atoms with Gasteiger partial charge in [-0.05, 0) is 49.1 Å². The average Bonchev–Trinajstić information content (AvgIpc) is 2.91. The smallest absolute Gasteiger partial charge is 0.191 e. The van der Waals surface area contributed by atoms with Gasteiger partial charge >= 0.3 is 0 Å². The van der Waals surface area contributed by atoms with Crippen molar-refractivity contribution in [3.05, 3.63) is 65.0 Å². The van der Waals surface area contributed by atoms with Gasteiger partial charge in [0.05, 0.1) is 5.69 Å². The molecule has 5 nitrogen and oxygen atoms in total. The monoisotopic (exact) mass is 491 g/mol. The van der Waals surface area contributed by atoms with Crippen molar-refractivity contribution in [1.82, 2.24) is 20.4 Å². The molecule has 0 bridgehead atoms. The van der Waals surface area contributed by atoms with E-state index in [1.807, 2.05) is 18.8 Å². The standard InChI is InChI=1S/C22H29N5.HI/c1-15(13-21-16(2)26-27(5)17(21)3)25-22(23-4)24-14-19-11-8-10-18-9-6-7-12-20(18)19;/h6-12,15H,13-14H2,1-5H3,(H2,23,24,25);1H. The number of aliphatic imine (C=N–C) groups is 1. The number of aromatic nitrogens is 2. The van der Waals surface area contributed by atoms with Crippen molar-refractivity contribution in [1.29, 1.82) is 0 Å². The summed E-state index contributed by atoms with van der Waals surface area (Å²) in [6.07, 6.45) is 0.917. The molecule has 1 heterocycles. The summed E-state index contributed by atoms with van der Waals surface area (Å²) in [6.45, 7) is 7.10. The number of hydrogen-bond donors (Lipinski definition) is 2. The Morgan fingerprint density at radius 3 is 2.54 bits per heavy atom. The molecule has 1 atom stereocenters. The van der Waals surface area contributed by atoms with Crippen LogP contribution in [-0.4, -0.2) is 28.8 Å². The Morgan fingerprint density at radius 1 is 1.14 bits per heavy atom. The number of benzene rings is 2. The van der Waals surface area contributed by atoms with Crippen molar-refractivity contribution < 1.29 is 0 Å². The van der Waals surface area contributed by atoms with Crippen LogP contribution in [0.3, 0.4) is 0 Å². The average molecular weight is 491 g/mol. The van der Waals surface area contributed by atoms with E-state index in [-0.39, 0.29) is 30.0 Å². The van der Waals surface area contributed by atoms with E-state index in [0.717, 1.165) is 24.6 Å². The third-order valence-electron chi connectivity index (χ3n) is 5.10. The van der Waals surface area contributed by atoms with Crippen LogP contribution in [0.15, 0.2) is 47.5 Å². The first-order valence-electron chi connectivity index (χ1n) is 9.42. The van der Waals surface area contributed by atoms with E-state index in [0.29, 0.717) is 0 Å². The summed E-state index contributed by atoms with van der Waals surface area (Å²) >= 11 is 0. The van der Waals surface area contributed by atoms with E-state index in [4.69, 9.17) is 0 Å². The van der Waals surface area contributed by atoms with Gasteiger partial charge in [-0.2, -0.15) is 5.10 Å². The number of rotatable bonds is 5. The molecule has 0 amide bonds. The highest BCUT2D eigenvalue weighted by atomic mass is 127. The van der Waals surface area contributed by atoms with Gasteiger partial charge in [0.15, 0.2) is 5.96 Å². The van der Waals surface area contributed by atoms with Crippen LogP contribution in [0.25, 0.3) is 10.8 Å². The summed E-state index contributed by atoms with van der Waals surface area (Å²) in [5, 5.41) is 14.0. The molecule has 150 valence electrons. The third kappa shape index (κ3) is 5.04. The Hall–Kier alpha value is -2.09. The van der Waals surface area contributed by atoms with E-state index >= 15 is 0 Å². The number of fused-ring (bicyclic) bond motifs is 1. The second-order valence-corrected chi connectivity index (χ2v) is 7.09. The van der Waals surface area contributed by atoms with Gasteiger partial charge < -0.3 is 10.6 Å². The first-order chi connectivity index (χ1) is 13.0. The molecule has 0 saturated carbocycles. The lowest BCUT2D eigenvalue weighted by atomic mass is 10.0. The fourth-order valence-corrected chi connectivity index (χ4v) is 3.52. The number of aryl methyl sites for hydroxylation is 2. The summed E-state index contributed by atoms with van der Waals surface area (Å²) < 4.78 is 1.95. The third-order valence-corrected chi connectivity index (χ3v) is 5.10. The van der Waals surface area contributed by atoms with Crippen molar-refractivity contribution >= 4 is 40.7 Å². The Bertz CT molecular complexity index is 955. The summed E-state index contributed by atoms with van der Waals surface area (Å²) in [5.74, 6) is 0.814. The zero-order valence-electron chi connectivity index (χ0n) is 17.3. The van der Waals surface area contributed by atoms with Crippen LogP contribution in [0.2, 0.25) is 0 Å². The van der Waals surface area contributed by atoms with Crippen molar-refractivity contribution in [2.24, 2.45) is 12.0 Å². The lowest BCUT2D eigenvalue weighted by Crippen LogP contribution is -2.42. The summed E-state index contributed by atoms with van der Waals surface area (Å²) in [6, 6.07) is 15.1. The number of nitrogens with zero attached hydrogens (tertiary/aromatic N) is 3. The number of guanidine groups is 1. The molecule has 0 spiro atoms. The van der Waals surface area contributed by atoms with E-state index in [9.17, 15) is 0 Å². The van der Waals surface area contributed by atoms with E-state index in [1.54, 1.807) is 0 Å². The molecule has 1 unspecified atom stereocenters. The maximum Gasteiger partial charge on any atom is 0.191 e. The van der Waals surface area contributed by atoms with Crippen molar-refractivity contribution in [3.8, 4) is 0 Å². The summed E-state index contributed by atoms with van der Waals surface area (Å²) in [5.41, 5.74) is 4.90. The molecule has 0 aliphatic heterocycles. The first-order valence-corrected chi connectivity index (χ1v) is 9.42.